The third kappa shape index (κ3) is 3.85. The molecule has 4 nitrogen and oxygen atoms in total. The Balaban J connectivity index is 2.83. The Morgan fingerprint density at radius 1 is 1.36 bits per heavy atom. The lowest BCUT2D eigenvalue weighted by molar-refractivity contribution is 0.482. The maximum absolute atomic E-state index is 10.6. The molecular formula is C9H13NO3S. The van der Waals surface area contributed by atoms with Gasteiger partial charge in [-0.2, -0.15) is 8.42 Å². The van der Waals surface area contributed by atoms with Gasteiger partial charge in [0.25, 0.3) is 10.1 Å². The molecule has 0 aliphatic rings. The molecule has 1 aromatic rings. The third-order valence-electron chi connectivity index (χ3n) is 1.74. The molecule has 0 fully saturated rings. The van der Waals surface area contributed by atoms with Gasteiger partial charge in [0.1, 0.15) is 5.75 Å². The monoisotopic (exact) mass is 215 g/mol. The minimum absolute atomic E-state index is 0.364. The van der Waals surface area contributed by atoms with E-state index in [1.54, 1.807) is 12.3 Å². The maximum Gasteiger partial charge on any atom is 0.269 e. The lowest BCUT2D eigenvalue weighted by Gasteiger charge is -2.01. The molecule has 0 amide bonds. The molecule has 0 unspecified atom stereocenters. The van der Waals surface area contributed by atoms with Crippen LogP contribution >= 0.6 is 0 Å². The average molecular weight is 215 g/mol. The van der Waals surface area contributed by atoms with Gasteiger partial charge in [0.15, 0.2) is 0 Å². The van der Waals surface area contributed by atoms with Crippen LogP contribution in [-0.4, -0.2) is 18.0 Å². The number of rotatable bonds is 4. The van der Waals surface area contributed by atoms with Crippen LogP contribution in [-0.2, 0) is 22.3 Å². The normalized spacial score (nSPS) is 11.6. The molecule has 5 heteroatoms. The molecule has 14 heavy (non-hydrogen) atoms. The van der Waals surface area contributed by atoms with Gasteiger partial charge in [-0.15, -0.1) is 0 Å². The quantitative estimate of drug-likeness (QED) is 0.771. The number of pyridine rings is 1. The van der Waals surface area contributed by atoms with Gasteiger partial charge < -0.3 is 0 Å². The van der Waals surface area contributed by atoms with Gasteiger partial charge in [-0.3, -0.25) is 9.54 Å². The van der Waals surface area contributed by atoms with Crippen molar-refractivity contribution in [2.24, 2.45) is 0 Å². The first-order valence-electron chi connectivity index (χ1n) is 4.39. The van der Waals surface area contributed by atoms with E-state index in [1.807, 2.05) is 6.92 Å². The van der Waals surface area contributed by atoms with E-state index in [-0.39, 0.29) is 5.75 Å². The minimum Gasteiger partial charge on any atom is -0.285 e. The second-order valence-corrected chi connectivity index (χ2v) is 4.63. The first-order valence-corrected chi connectivity index (χ1v) is 6.00. The topological polar surface area (TPSA) is 67.3 Å². The predicted octanol–water partition coefficient (Wildman–Crippen LogP) is 1.42. The fourth-order valence-electron chi connectivity index (χ4n) is 1.26. The summed E-state index contributed by atoms with van der Waals surface area (Å²) in [5.41, 5.74) is 1.52. The highest BCUT2D eigenvalue weighted by atomic mass is 32.2. The average Bonchev–Trinajstić information content (AvgIpc) is 2.02. The first kappa shape index (κ1) is 11.1. The van der Waals surface area contributed by atoms with Crippen molar-refractivity contribution in [3.05, 3.63) is 29.6 Å². The summed E-state index contributed by atoms with van der Waals surface area (Å²) in [6.45, 7) is 2.04. The van der Waals surface area contributed by atoms with Crippen molar-refractivity contribution in [1.29, 1.82) is 0 Å². The number of aromatic nitrogens is 1. The summed E-state index contributed by atoms with van der Waals surface area (Å²) in [5.74, 6) is -0.364. The lowest BCUT2D eigenvalue weighted by atomic mass is 10.1. The molecule has 0 aliphatic heterocycles. The van der Waals surface area contributed by atoms with E-state index in [9.17, 15) is 8.42 Å². The number of nitrogens with zero attached hydrogens (tertiary/aromatic N) is 1. The summed E-state index contributed by atoms with van der Waals surface area (Å²) >= 11 is 0. The van der Waals surface area contributed by atoms with Crippen LogP contribution in [0.5, 0.6) is 0 Å². The molecule has 0 saturated carbocycles. The summed E-state index contributed by atoms with van der Waals surface area (Å²) in [6, 6.07) is 1.75. The fraction of sp³-hybridized carbons (Fsp3) is 0.444. The largest absolute Gasteiger partial charge is 0.285 e. The van der Waals surface area contributed by atoms with E-state index in [4.69, 9.17) is 4.55 Å². The first-order chi connectivity index (χ1) is 6.51. The van der Waals surface area contributed by atoms with Crippen LogP contribution in [0.3, 0.4) is 0 Å². The Kier molecular flexibility index (Phi) is 3.60. The van der Waals surface area contributed by atoms with Crippen LogP contribution in [0.15, 0.2) is 18.5 Å². The standard InChI is InChI=1S/C9H13NO3S/c1-2-3-8-4-9(6-10-5-8)7-14(11,12)13/h4-6H,2-3,7H2,1H3,(H,11,12,13). The summed E-state index contributed by atoms with van der Waals surface area (Å²) in [4.78, 5) is 3.91. The molecule has 1 aromatic heterocycles. The van der Waals surface area contributed by atoms with Crippen molar-refractivity contribution in [1.82, 2.24) is 4.98 Å². The van der Waals surface area contributed by atoms with Gasteiger partial charge >= 0.3 is 0 Å². The van der Waals surface area contributed by atoms with Crippen molar-refractivity contribution in [3.63, 3.8) is 0 Å². The Labute approximate surface area is 83.7 Å². The molecule has 0 bridgehead atoms. The van der Waals surface area contributed by atoms with Crippen molar-refractivity contribution < 1.29 is 13.0 Å². The smallest absolute Gasteiger partial charge is 0.269 e. The molecule has 1 N–H and O–H groups in total. The predicted molar refractivity (Wildman–Crippen MR) is 53.5 cm³/mol. The maximum atomic E-state index is 10.6. The van der Waals surface area contributed by atoms with E-state index < -0.39 is 10.1 Å². The third-order valence-corrected chi connectivity index (χ3v) is 2.44. The van der Waals surface area contributed by atoms with Crippen LogP contribution < -0.4 is 0 Å². The molecule has 1 rings (SSSR count). The highest BCUT2D eigenvalue weighted by Crippen LogP contribution is 2.08. The highest BCUT2D eigenvalue weighted by Gasteiger charge is 2.06. The van der Waals surface area contributed by atoms with Crippen molar-refractivity contribution in [2.75, 3.05) is 0 Å². The molecular weight excluding hydrogens is 202 g/mol. The summed E-state index contributed by atoms with van der Waals surface area (Å²) in [6.07, 6.45) is 5.01. The Bertz CT molecular complexity index is 400. The molecule has 78 valence electrons. The van der Waals surface area contributed by atoms with Crippen molar-refractivity contribution in [2.45, 2.75) is 25.5 Å². The van der Waals surface area contributed by atoms with Gasteiger partial charge in [-0.1, -0.05) is 19.4 Å². The highest BCUT2D eigenvalue weighted by molar-refractivity contribution is 7.85. The molecule has 0 saturated heterocycles. The van der Waals surface area contributed by atoms with Gasteiger partial charge in [0, 0.05) is 12.4 Å². The SMILES string of the molecule is CCCc1cncc(CS(=O)(=O)O)c1. The summed E-state index contributed by atoms with van der Waals surface area (Å²) in [7, 11) is -3.95. The zero-order valence-corrected chi connectivity index (χ0v) is 8.79. The zero-order chi connectivity index (χ0) is 10.6. The summed E-state index contributed by atoms with van der Waals surface area (Å²) < 4.78 is 29.8. The van der Waals surface area contributed by atoms with E-state index >= 15 is 0 Å². The van der Waals surface area contributed by atoms with Gasteiger partial charge in [0.2, 0.25) is 0 Å². The Morgan fingerprint density at radius 3 is 2.57 bits per heavy atom. The molecule has 0 spiro atoms. The molecule has 0 aliphatic carbocycles. The molecule has 0 atom stereocenters. The lowest BCUT2D eigenvalue weighted by Crippen LogP contribution is -2.02. The van der Waals surface area contributed by atoms with E-state index in [0.29, 0.717) is 5.56 Å². The van der Waals surface area contributed by atoms with Crippen LogP contribution in [0.1, 0.15) is 24.5 Å². The van der Waals surface area contributed by atoms with E-state index in [0.717, 1.165) is 18.4 Å². The minimum atomic E-state index is -3.95. The number of aryl methyl sites for hydroxylation is 1. The molecule has 0 radical (unpaired) electrons. The van der Waals surface area contributed by atoms with E-state index in [1.165, 1.54) is 6.20 Å². The molecule has 1 heterocycles. The number of hydrogen-bond donors (Lipinski definition) is 1. The van der Waals surface area contributed by atoms with Crippen molar-refractivity contribution in [3.8, 4) is 0 Å². The van der Waals surface area contributed by atoms with Gasteiger partial charge in [0.05, 0.1) is 0 Å². The van der Waals surface area contributed by atoms with Crippen LogP contribution in [0.25, 0.3) is 0 Å². The second-order valence-electron chi connectivity index (χ2n) is 3.18. The summed E-state index contributed by atoms with van der Waals surface area (Å²) in [5, 5.41) is 0. The second kappa shape index (κ2) is 4.52. The van der Waals surface area contributed by atoms with Crippen LogP contribution in [0.4, 0.5) is 0 Å². The zero-order valence-electron chi connectivity index (χ0n) is 7.97. The van der Waals surface area contributed by atoms with E-state index in [2.05, 4.69) is 4.98 Å². The Hall–Kier alpha value is -0.940. The van der Waals surface area contributed by atoms with Crippen LogP contribution in [0, 0.1) is 0 Å². The number of hydrogen-bond acceptors (Lipinski definition) is 3. The van der Waals surface area contributed by atoms with Gasteiger partial charge in [-0.25, -0.2) is 0 Å². The Morgan fingerprint density at radius 2 is 2.00 bits per heavy atom. The van der Waals surface area contributed by atoms with Crippen molar-refractivity contribution >= 4 is 10.1 Å². The van der Waals surface area contributed by atoms with Gasteiger partial charge in [-0.05, 0) is 17.5 Å². The fourth-order valence-corrected chi connectivity index (χ4v) is 1.84. The van der Waals surface area contributed by atoms with Crippen LogP contribution in [0.2, 0.25) is 0 Å². The molecule has 0 aromatic carbocycles.